The molecule has 1 heteroatoms. The SMILES string of the molecule is CCCC1CCC2(CCC(CBr)CC2)CC1. The van der Waals surface area contributed by atoms with Gasteiger partial charge < -0.3 is 0 Å². The van der Waals surface area contributed by atoms with Crippen LogP contribution in [-0.2, 0) is 0 Å². The first-order valence-electron chi connectivity index (χ1n) is 7.34. The molecule has 0 atom stereocenters. The molecule has 0 amide bonds. The van der Waals surface area contributed by atoms with Gasteiger partial charge in [0.2, 0.25) is 0 Å². The number of rotatable bonds is 3. The monoisotopic (exact) mass is 286 g/mol. The maximum absolute atomic E-state index is 3.65. The van der Waals surface area contributed by atoms with Crippen LogP contribution in [0.15, 0.2) is 0 Å². The molecule has 1 spiro atoms. The second kappa shape index (κ2) is 5.89. The highest BCUT2D eigenvalue weighted by molar-refractivity contribution is 9.09. The second-order valence-electron chi connectivity index (χ2n) is 6.33. The Labute approximate surface area is 110 Å². The molecular formula is C15H27Br. The number of hydrogen-bond acceptors (Lipinski definition) is 0. The fourth-order valence-corrected chi connectivity index (χ4v) is 4.58. The van der Waals surface area contributed by atoms with Crippen molar-refractivity contribution in [3.63, 3.8) is 0 Å². The van der Waals surface area contributed by atoms with E-state index in [9.17, 15) is 0 Å². The van der Waals surface area contributed by atoms with Gasteiger partial charge in [-0.05, 0) is 68.6 Å². The van der Waals surface area contributed by atoms with E-state index in [1.165, 1.54) is 56.7 Å². The predicted octanol–water partition coefficient (Wildman–Crippen LogP) is 5.55. The Morgan fingerprint density at radius 3 is 1.88 bits per heavy atom. The molecule has 94 valence electrons. The topological polar surface area (TPSA) is 0 Å². The lowest BCUT2D eigenvalue weighted by molar-refractivity contribution is 0.0781. The van der Waals surface area contributed by atoms with E-state index in [2.05, 4.69) is 22.9 Å². The Kier molecular flexibility index (Phi) is 4.76. The molecule has 0 radical (unpaired) electrons. The lowest BCUT2D eigenvalue weighted by atomic mass is 9.61. The van der Waals surface area contributed by atoms with Crippen LogP contribution in [0.1, 0.15) is 71.1 Å². The summed E-state index contributed by atoms with van der Waals surface area (Å²) in [6.07, 6.45) is 15.1. The van der Waals surface area contributed by atoms with Crippen LogP contribution in [0, 0.1) is 17.3 Å². The van der Waals surface area contributed by atoms with Gasteiger partial charge in [0.25, 0.3) is 0 Å². The van der Waals surface area contributed by atoms with Gasteiger partial charge in [-0.15, -0.1) is 0 Å². The second-order valence-corrected chi connectivity index (χ2v) is 6.98. The number of halogens is 1. The summed E-state index contributed by atoms with van der Waals surface area (Å²) in [5.74, 6) is 2.06. The molecule has 2 aliphatic carbocycles. The standard InChI is InChI=1S/C15H27Br/c1-2-3-13-4-8-15(9-5-13)10-6-14(12-16)7-11-15/h13-14H,2-12H2,1H3. The lowest BCUT2D eigenvalue weighted by Gasteiger charge is -2.45. The molecule has 0 nitrogen and oxygen atoms in total. The summed E-state index contributed by atoms with van der Waals surface area (Å²) >= 11 is 3.65. The first-order chi connectivity index (χ1) is 7.78. The zero-order valence-electron chi connectivity index (χ0n) is 10.8. The van der Waals surface area contributed by atoms with Crippen molar-refractivity contribution in [2.75, 3.05) is 5.33 Å². The van der Waals surface area contributed by atoms with Crippen molar-refractivity contribution in [1.29, 1.82) is 0 Å². The molecule has 0 aromatic rings. The smallest absolute Gasteiger partial charge is 0.00596 e. The molecule has 0 aliphatic heterocycles. The quantitative estimate of drug-likeness (QED) is 0.597. The Bertz CT molecular complexity index is 193. The third-order valence-electron chi connectivity index (χ3n) is 5.25. The molecule has 0 aromatic heterocycles. The highest BCUT2D eigenvalue weighted by Gasteiger charge is 2.37. The third kappa shape index (κ3) is 3.03. The van der Waals surface area contributed by atoms with E-state index in [-0.39, 0.29) is 0 Å². The molecule has 0 saturated heterocycles. The van der Waals surface area contributed by atoms with Crippen molar-refractivity contribution in [2.24, 2.45) is 17.3 Å². The minimum atomic E-state index is 0.795. The van der Waals surface area contributed by atoms with E-state index in [0.717, 1.165) is 17.3 Å². The molecular weight excluding hydrogens is 260 g/mol. The molecule has 0 heterocycles. The van der Waals surface area contributed by atoms with Crippen molar-refractivity contribution in [2.45, 2.75) is 71.1 Å². The fourth-order valence-electron chi connectivity index (χ4n) is 3.93. The Balaban J connectivity index is 1.79. The molecule has 0 N–H and O–H groups in total. The van der Waals surface area contributed by atoms with Gasteiger partial charge in [-0.25, -0.2) is 0 Å². The van der Waals surface area contributed by atoms with Crippen LogP contribution >= 0.6 is 15.9 Å². The predicted molar refractivity (Wildman–Crippen MR) is 75.1 cm³/mol. The van der Waals surface area contributed by atoms with Crippen LogP contribution in [0.5, 0.6) is 0 Å². The Hall–Kier alpha value is 0.480. The summed E-state index contributed by atoms with van der Waals surface area (Å²) in [5.41, 5.74) is 0.795. The average Bonchev–Trinajstić information content (AvgIpc) is 2.34. The zero-order chi connectivity index (χ0) is 11.4. The first-order valence-corrected chi connectivity index (χ1v) is 8.46. The molecule has 16 heavy (non-hydrogen) atoms. The Morgan fingerprint density at radius 1 is 0.938 bits per heavy atom. The summed E-state index contributed by atoms with van der Waals surface area (Å²) in [4.78, 5) is 0. The molecule has 2 rings (SSSR count). The van der Waals surface area contributed by atoms with E-state index in [1.54, 1.807) is 12.8 Å². The molecule has 0 bridgehead atoms. The van der Waals surface area contributed by atoms with Gasteiger partial charge in [-0.1, -0.05) is 35.7 Å². The highest BCUT2D eigenvalue weighted by atomic mass is 79.9. The van der Waals surface area contributed by atoms with Gasteiger partial charge in [-0.2, -0.15) is 0 Å². The molecule has 2 fully saturated rings. The van der Waals surface area contributed by atoms with Crippen LogP contribution in [0.4, 0.5) is 0 Å². The molecule has 0 unspecified atom stereocenters. The van der Waals surface area contributed by atoms with Gasteiger partial charge in [0.15, 0.2) is 0 Å². The van der Waals surface area contributed by atoms with Gasteiger partial charge >= 0.3 is 0 Å². The first kappa shape index (κ1) is 12.9. The number of hydrogen-bond donors (Lipinski definition) is 0. The normalized spacial score (nSPS) is 40.1. The highest BCUT2D eigenvalue weighted by Crippen LogP contribution is 2.50. The summed E-state index contributed by atoms with van der Waals surface area (Å²) in [7, 11) is 0. The zero-order valence-corrected chi connectivity index (χ0v) is 12.4. The van der Waals surface area contributed by atoms with Crippen molar-refractivity contribution >= 4 is 15.9 Å². The van der Waals surface area contributed by atoms with E-state index in [0.29, 0.717) is 0 Å². The van der Waals surface area contributed by atoms with Crippen molar-refractivity contribution < 1.29 is 0 Å². The lowest BCUT2D eigenvalue weighted by Crippen LogP contribution is -2.32. The van der Waals surface area contributed by atoms with E-state index in [4.69, 9.17) is 0 Å². The van der Waals surface area contributed by atoms with Gasteiger partial charge in [0, 0.05) is 5.33 Å². The summed E-state index contributed by atoms with van der Waals surface area (Å²) in [5, 5.41) is 1.24. The molecule has 2 saturated carbocycles. The van der Waals surface area contributed by atoms with Crippen LogP contribution in [0.2, 0.25) is 0 Å². The third-order valence-corrected chi connectivity index (χ3v) is 6.16. The van der Waals surface area contributed by atoms with Crippen LogP contribution in [-0.4, -0.2) is 5.33 Å². The largest absolute Gasteiger partial charge is 0.0925 e. The van der Waals surface area contributed by atoms with Crippen molar-refractivity contribution in [3.8, 4) is 0 Å². The van der Waals surface area contributed by atoms with E-state index in [1.807, 2.05) is 0 Å². The maximum atomic E-state index is 3.65. The van der Waals surface area contributed by atoms with E-state index >= 15 is 0 Å². The number of alkyl halides is 1. The average molecular weight is 287 g/mol. The minimum absolute atomic E-state index is 0.795. The van der Waals surface area contributed by atoms with Crippen molar-refractivity contribution in [1.82, 2.24) is 0 Å². The van der Waals surface area contributed by atoms with Crippen molar-refractivity contribution in [3.05, 3.63) is 0 Å². The van der Waals surface area contributed by atoms with Gasteiger partial charge in [0.1, 0.15) is 0 Å². The summed E-state index contributed by atoms with van der Waals surface area (Å²) < 4.78 is 0. The molecule has 0 aromatic carbocycles. The fraction of sp³-hybridized carbons (Fsp3) is 1.00. The Morgan fingerprint density at radius 2 is 1.44 bits per heavy atom. The van der Waals surface area contributed by atoms with E-state index < -0.39 is 0 Å². The summed E-state index contributed by atoms with van der Waals surface area (Å²) in [6.45, 7) is 2.34. The van der Waals surface area contributed by atoms with Gasteiger partial charge in [-0.3, -0.25) is 0 Å². The van der Waals surface area contributed by atoms with Crippen LogP contribution in [0.25, 0.3) is 0 Å². The molecule has 2 aliphatic rings. The summed E-state index contributed by atoms with van der Waals surface area (Å²) in [6, 6.07) is 0. The van der Waals surface area contributed by atoms with Gasteiger partial charge in [0.05, 0.1) is 0 Å². The van der Waals surface area contributed by atoms with Crippen LogP contribution < -0.4 is 0 Å². The maximum Gasteiger partial charge on any atom is 0.00596 e. The van der Waals surface area contributed by atoms with Crippen LogP contribution in [0.3, 0.4) is 0 Å². The minimum Gasteiger partial charge on any atom is -0.0925 e.